The Morgan fingerprint density at radius 2 is 2.00 bits per heavy atom. The average molecular weight is 288 g/mol. The minimum Gasteiger partial charge on any atom is -0.497 e. The molecular weight excluding hydrogens is 270 g/mol. The highest BCUT2D eigenvalue weighted by Gasteiger charge is 2.20. The highest BCUT2D eigenvalue weighted by Crippen LogP contribution is 2.30. The van der Waals surface area contributed by atoms with E-state index in [4.69, 9.17) is 10.5 Å². The van der Waals surface area contributed by atoms with E-state index in [0.717, 1.165) is 0 Å². The largest absolute Gasteiger partial charge is 0.497 e. The van der Waals surface area contributed by atoms with Gasteiger partial charge in [-0.2, -0.15) is 8.78 Å². The minimum absolute atomic E-state index is 0.0833. The number of methoxy groups -OCH3 is 1. The zero-order valence-electron chi connectivity index (χ0n) is 11.5. The molecule has 1 rings (SSSR count). The quantitative estimate of drug-likeness (QED) is 0.841. The van der Waals surface area contributed by atoms with E-state index in [1.54, 1.807) is 13.8 Å². The number of halogens is 2. The molecule has 1 amide bonds. The van der Waals surface area contributed by atoms with Crippen LogP contribution in [0, 0.1) is 5.92 Å². The summed E-state index contributed by atoms with van der Waals surface area (Å²) in [4.78, 5) is 11.9. The molecule has 0 unspecified atom stereocenters. The van der Waals surface area contributed by atoms with Gasteiger partial charge in [-0.1, -0.05) is 13.8 Å². The molecule has 0 radical (unpaired) electrons. The zero-order chi connectivity index (χ0) is 15.3. The predicted octanol–water partition coefficient (Wildman–Crippen LogP) is 2.22. The molecule has 0 fully saturated rings. The van der Waals surface area contributed by atoms with Gasteiger partial charge in [0.1, 0.15) is 11.5 Å². The van der Waals surface area contributed by atoms with Gasteiger partial charge in [0.15, 0.2) is 0 Å². The first-order chi connectivity index (χ1) is 9.35. The molecule has 1 atom stereocenters. The van der Waals surface area contributed by atoms with Crippen LogP contribution in [0.15, 0.2) is 18.2 Å². The molecule has 7 heteroatoms. The monoisotopic (exact) mass is 288 g/mol. The van der Waals surface area contributed by atoms with Crippen molar-refractivity contribution in [2.24, 2.45) is 11.7 Å². The van der Waals surface area contributed by atoms with E-state index in [2.05, 4.69) is 10.1 Å². The van der Waals surface area contributed by atoms with Gasteiger partial charge in [0.05, 0.1) is 18.8 Å². The Kier molecular flexibility index (Phi) is 5.69. The molecule has 0 bridgehead atoms. The Bertz CT molecular complexity index is 467. The fraction of sp³-hybridized carbons (Fsp3) is 0.462. The number of anilines is 1. The summed E-state index contributed by atoms with van der Waals surface area (Å²) >= 11 is 0. The first-order valence-corrected chi connectivity index (χ1v) is 6.04. The summed E-state index contributed by atoms with van der Waals surface area (Å²) < 4.78 is 34.0. The van der Waals surface area contributed by atoms with Crippen molar-refractivity contribution in [3.8, 4) is 11.5 Å². The molecule has 0 saturated heterocycles. The second-order valence-corrected chi connectivity index (χ2v) is 4.50. The molecule has 0 spiro atoms. The second-order valence-electron chi connectivity index (χ2n) is 4.50. The Morgan fingerprint density at radius 3 is 2.50 bits per heavy atom. The Hall–Kier alpha value is -1.89. The molecule has 0 saturated carbocycles. The number of rotatable bonds is 6. The number of nitrogens with one attached hydrogen (secondary N) is 1. The van der Waals surface area contributed by atoms with Gasteiger partial charge in [-0.15, -0.1) is 0 Å². The summed E-state index contributed by atoms with van der Waals surface area (Å²) in [7, 11) is 1.43. The molecule has 112 valence electrons. The van der Waals surface area contributed by atoms with Crippen LogP contribution < -0.4 is 20.5 Å². The van der Waals surface area contributed by atoms with E-state index in [9.17, 15) is 13.6 Å². The van der Waals surface area contributed by atoms with Crippen LogP contribution >= 0.6 is 0 Å². The summed E-state index contributed by atoms with van der Waals surface area (Å²) in [5.74, 6) is -0.308. The summed E-state index contributed by atoms with van der Waals surface area (Å²) in [5, 5.41) is 2.47. The molecule has 1 aromatic rings. The predicted molar refractivity (Wildman–Crippen MR) is 71.1 cm³/mol. The van der Waals surface area contributed by atoms with Crippen molar-refractivity contribution in [1.82, 2.24) is 0 Å². The van der Waals surface area contributed by atoms with Gasteiger partial charge in [0.2, 0.25) is 5.91 Å². The van der Waals surface area contributed by atoms with Crippen LogP contribution in [0.3, 0.4) is 0 Å². The molecule has 0 aliphatic carbocycles. The van der Waals surface area contributed by atoms with E-state index < -0.39 is 18.6 Å². The normalized spacial score (nSPS) is 12.4. The lowest BCUT2D eigenvalue weighted by molar-refractivity contribution is -0.118. The highest BCUT2D eigenvalue weighted by molar-refractivity contribution is 5.96. The maximum atomic E-state index is 12.3. The van der Waals surface area contributed by atoms with E-state index in [-0.39, 0.29) is 17.4 Å². The number of alkyl halides is 2. The maximum absolute atomic E-state index is 12.3. The number of carbonyl (C=O) groups is 1. The lowest BCUT2D eigenvalue weighted by Gasteiger charge is -2.17. The van der Waals surface area contributed by atoms with Crippen LogP contribution in [0.25, 0.3) is 0 Å². The molecule has 0 aliphatic heterocycles. The molecule has 0 aromatic heterocycles. The van der Waals surface area contributed by atoms with E-state index in [1.807, 2.05) is 0 Å². The van der Waals surface area contributed by atoms with Crippen molar-refractivity contribution < 1.29 is 23.0 Å². The number of amides is 1. The summed E-state index contributed by atoms with van der Waals surface area (Å²) in [6.45, 7) is 0.580. The number of hydrogen-bond donors (Lipinski definition) is 2. The van der Waals surface area contributed by atoms with Gasteiger partial charge in [0.25, 0.3) is 0 Å². The van der Waals surface area contributed by atoms with Crippen LogP contribution in [0.1, 0.15) is 13.8 Å². The molecule has 0 aliphatic rings. The van der Waals surface area contributed by atoms with Crippen molar-refractivity contribution in [2.45, 2.75) is 26.5 Å². The summed E-state index contributed by atoms with van der Waals surface area (Å²) in [6.07, 6.45) is 0. The van der Waals surface area contributed by atoms with Crippen LogP contribution in [-0.4, -0.2) is 25.7 Å². The zero-order valence-corrected chi connectivity index (χ0v) is 11.5. The van der Waals surface area contributed by atoms with Crippen LogP contribution in [0.4, 0.5) is 14.5 Å². The molecular formula is C13H18F2N2O3. The SMILES string of the molecule is COc1ccc(OC(F)F)c(NC(=O)[C@@H](N)C(C)C)c1. The third-order valence-electron chi connectivity index (χ3n) is 2.68. The number of carbonyl (C=O) groups excluding carboxylic acids is 1. The van der Waals surface area contributed by atoms with Crippen LogP contribution in [0.5, 0.6) is 11.5 Å². The van der Waals surface area contributed by atoms with Gasteiger partial charge in [-0.25, -0.2) is 0 Å². The third-order valence-corrected chi connectivity index (χ3v) is 2.68. The van der Waals surface area contributed by atoms with Crippen molar-refractivity contribution in [3.05, 3.63) is 18.2 Å². The number of benzene rings is 1. The lowest BCUT2D eigenvalue weighted by atomic mass is 10.0. The lowest BCUT2D eigenvalue weighted by Crippen LogP contribution is -2.39. The maximum Gasteiger partial charge on any atom is 0.387 e. The standard InChI is InChI=1S/C13H18F2N2O3/c1-7(2)11(16)12(18)17-9-6-8(19-3)4-5-10(9)20-13(14)15/h4-7,11,13H,16H2,1-3H3,(H,17,18)/t11-/m0/s1. The van der Waals surface area contributed by atoms with Gasteiger partial charge in [-0.05, 0) is 18.1 Å². The van der Waals surface area contributed by atoms with E-state index in [1.165, 1.54) is 25.3 Å². The molecule has 3 N–H and O–H groups in total. The number of nitrogens with two attached hydrogens (primary N) is 1. The van der Waals surface area contributed by atoms with Crippen molar-refractivity contribution in [2.75, 3.05) is 12.4 Å². The fourth-order valence-corrected chi connectivity index (χ4v) is 1.45. The van der Waals surface area contributed by atoms with E-state index in [0.29, 0.717) is 5.75 Å². The summed E-state index contributed by atoms with van der Waals surface area (Å²) in [6, 6.07) is 3.39. The van der Waals surface area contributed by atoms with Crippen LogP contribution in [-0.2, 0) is 4.79 Å². The van der Waals surface area contributed by atoms with Crippen molar-refractivity contribution in [3.63, 3.8) is 0 Å². The van der Waals surface area contributed by atoms with Crippen molar-refractivity contribution >= 4 is 11.6 Å². The molecule has 5 nitrogen and oxygen atoms in total. The average Bonchev–Trinajstić information content (AvgIpc) is 2.38. The number of ether oxygens (including phenoxy) is 2. The molecule has 0 heterocycles. The number of hydrogen-bond acceptors (Lipinski definition) is 4. The van der Waals surface area contributed by atoms with Crippen LogP contribution in [0.2, 0.25) is 0 Å². The Balaban J connectivity index is 2.98. The molecule has 20 heavy (non-hydrogen) atoms. The first-order valence-electron chi connectivity index (χ1n) is 6.04. The van der Waals surface area contributed by atoms with Gasteiger partial charge < -0.3 is 20.5 Å². The van der Waals surface area contributed by atoms with Gasteiger partial charge >= 0.3 is 6.61 Å². The topological polar surface area (TPSA) is 73.6 Å². The highest BCUT2D eigenvalue weighted by atomic mass is 19.3. The third kappa shape index (κ3) is 4.34. The minimum atomic E-state index is -2.99. The first kappa shape index (κ1) is 16.2. The summed E-state index contributed by atoms with van der Waals surface area (Å²) in [5.41, 5.74) is 5.79. The Labute approximate surface area is 116 Å². The fourth-order valence-electron chi connectivity index (χ4n) is 1.45. The smallest absolute Gasteiger partial charge is 0.387 e. The Morgan fingerprint density at radius 1 is 1.35 bits per heavy atom. The second kappa shape index (κ2) is 7.04. The van der Waals surface area contributed by atoms with E-state index >= 15 is 0 Å². The van der Waals surface area contributed by atoms with Gasteiger partial charge in [0, 0.05) is 6.07 Å². The molecule has 1 aromatic carbocycles. The van der Waals surface area contributed by atoms with Gasteiger partial charge in [-0.3, -0.25) is 4.79 Å². The van der Waals surface area contributed by atoms with Crippen molar-refractivity contribution in [1.29, 1.82) is 0 Å².